The molecule has 1 aliphatic heterocycles. The van der Waals surface area contributed by atoms with Crippen molar-refractivity contribution < 1.29 is 14.3 Å². The molecule has 0 unspecified atom stereocenters. The lowest BCUT2D eigenvalue weighted by molar-refractivity contribution is -0.134. The molecule has 0 atom stereocenters. The molecule has 0 aliphatic carbocycles. The van der Waals surface area contributed by atoms with E-state index in [4.69, 9.17) is 5.11 Å². The van der Waals surface area contributed by atoms with Gasteiger partial charge in [0.25, 0.3) is 0 Å². The lowest BCUT2D eigenvalue weighted by Gasteiger charge is -2.32. The summed E-state index contributed by atoms with van der Waals surface area (Å²) in [6, 6.07) is 0. The van der Waals surface area contributed by atoms with Crippen LogP contribution in [0.1, 0.15) is 20.3 Å². The first-order valence-electron chi connectivity index (χ1n) is 4.15. The van der Waals surface area contributed by atoms with Crippen molar-refractivity contribution in [1.29, 1.82) is 0 Å². The molecule has 2 nitrogen and oxygen atoms in total. The first kappa shape index (κ1) is 10.6. The fourth-order valence-electron chi connectivity index (χ4n) is 1.34. The molecule has 0 amide bonds. The Labute approximate surface area is 81.2 Å². The van der Waals surface area contributed by atoms with Crippen molar-refractivity contribution in [3.05, 3.63) is 11.4 Å². The molecule has 0 aromatic heterocycles. The van der Waals surface area contributed by atoms with Crippen molar-refractivity contribution in [2.24, 2.45) is 5.41 Å². The number of thioether (sulfide) groups is 1. The van der Waals surface area contributed by atoms with Crippen LogP contribution in [-0.4, -0.2) is 22.6 Å². The number of aliphatic carboxylic acids is 1. The second-order valence-corrected chi connectivity index (χ2v) is 4.89. The summed E-state index contributed by atoms with van der Waals surface area (Å²) in [5, 5.41) is 8.52. The van der Waals surface area contributed by atoms with Crippen LogP contribution in [0, 0.1) is 5.41 Å². The maximum absolute atomic E-state index is 13.2. The Kier molecular flexibility index (Phi) is 3.01. The predicted octanol–water partition coefficient (Wildman–Crippen LogP) is 2.46. The standard InChI is InChI=1S/C9H13FO2S/c1-9(2)3-4-13-5-6(9)7(10)8(11)12/h3-5H2,1-2H3,(H,11,12)/b7-6+. The normalized spacial score (nSPS) is 25.5. The summed E-state index contributed by atoms with van der Waals surface area (Å²) in [5.74, 6) is -0.920. The van der Waals surface area contributed by atoms with E-state index in [1.165, 1.54) is 0 Å². The third-order valence-corrected chi connectivity index (χ3v) is 3.37. The molecule has 1 heterocycles. The quantitative estimate of drug-likeness (QED) is 0.667. The van der Waals surface area contributed by atoms with Gasteiger partial charge in [0.15, 0.2) is 0 Å². The summed E-state index contributed by atoms with van der Waals surface area (Å²) in [7, 11) is 0. The zero-order valence-electron chi connectivity index (χ0n) is 7.76. The van der Waals surface area contributed by atoms with Gasteiger partial charge in [0.05, 0.1) is 0 Å². The van der Waals surface area contributed by atoms with E-state index in [2.05, 4.69) is 0 Å². The van der Waals surface area contributed by atoms with Crippen molar-refractivity contribution >= 4 is 17.7 Å². The summed E-state index contributed by atoms with van der Waals surface area (Å²) in [6.07, 6.45) is 0.841. The highest BCUT2D eigenvalue weighted by Gasteiger charge is 2.31. The minimum absolute atomic E-state index is 0.298. The molecule has 1 N–H and O–H groups in total. The van der Waals surface area contributed by atoms with Crippen molar-refractivity contribution in [1.82, 2.24) is 0 Å². The largest absolute Gasteiger partial charge is 0.476 e. The molecule has 0 bridgehead atoms. The Hall–Kier alpha value is -0.510. The fourth-order valence-corrected chi connectivity index (χ4v) is 2.86. The van der Waals surface area contributed by atoms with Crippen LogP contribution in [0.15, 0.2) is 11.4 Å². The van der Waals surface area contributed by atoms with Gasteiger partial charge >= 0.3 is 5.97 Å². The van der Waals surface area contributed by atoms with E-state index in [-0.39, 0.29) is 5.41 Å². The first-order valence-corrected chi connectivity index (χ1v) is 5.31. The molecule has 0 aromatic rings. The third-order valence-electron chi connectivity index (χ3n) is 2.39. The van der Waals surface area contributed by atoms with Gasteiger partial charge in [0.2, 0.25) is 5.83 Å². The topological polar surface area (TPSA) is 37.3 Å². The van der Waals surface area contributed by atoms with E-state index in [9.17, 15) is 9.18 Å². The lowest BCUT2D eigenvalue weighted by atomic mass is 9.81. The van der Waals surface area contributed by atoms with Crippen molar-refractivity contribution in [2.75, 3.05) is 11.5 Å². The SMILES string of the molecule is CC1(C)CCSC/C1=C(\F)C(=O)O. The Morgan fingerprint density at radius 1 is 1.62 bits per heavy atom. The number of hydrogen-bond donors (Lipinski definition) is 1. The molecule has 1 rings (SSSR count). The van der Waals surface area contributed by atoms with Crippen LogP contribution in [0.25, 0.3) is 0 Å². The molecule has 1 fully saturated rings. The molecule has 4 heteroatoms. The molecule has 1 saturated heterocycles. The summed E-state index contributed by atoms with van der Waals surface area (Å²) in [5.41, 5.74) is 0.143. The van der Waals surface area contributed by atoms with E-state index in [0.717, 1.165) is 12.2 Å². The Morgan fingerprint density at radius 2 is 2.23 bits per heavy atom. The Morgan fingerprint density at radius 3 is 2.69 bits per heavy atom. The molecule has 0 aromatic carbocycles. The van der Waals surface area contributed by atoms with Crippen LogP contribution in [-0.2, 0) is 4.79 Å². The van der Waals surface area contributed by atoms with E-state index < -0.39 is 11.8 Å². The van der Waals surface area contributed by atoms with E-state index in [0.29, 0.717) is 11.3 Å². The van der Waals surface area contributed by atoms with Crippen LogP contribution in [0.5, 0.6) is 0 Å². The molecule has 0 radical (unpaired) electrons. The van der Waals surface area contributed by atoms with Gasteiger partial charge in [-0.3, -0.25) is 0 Å². The van der Waals surface area contributed by atoms with Crippen LogP contribution >= 0.6 is 11.8 Å². The molecule has 13 heavy (non-hydrogen) atoms. The van der Waals surface area contributed by atoms with Gasteiger partial charge in [-0.1, -0.05) is 13.8 Å². The zero-order chi connectivity index (χ0) is 10.1. The van der Waals surface area contributed by atoms with Gasteiger partial charge < -0.3 is 5.11 Å². The summed E-state index contributed by atoms with van der Waals surface area (Å²) in [6.45, 7) is 3.79. The average Bonchev–Trinajstić information content (AvgIpc) is 2.02. The minimum atomic E-state index is -1.44. The fraction of sp³-hybridized carbons (Fsp3) is 0.667. The van der Waals surface area contributed by atoms with Crippen molar-refractivity contribution in [3.63, 3.8) is 0 Å². The number of carboxylic acid groups (broad SMARTS) is 1. The average molecular weight is 204 g/mol. The maximum Gasteiger partial charge on any atom is 0.364 e. The third kappa shape index (κ3) is 2.24. The highest BCUT2D eigenvalue weighted by molar-refractivity contribution is 7.99. The van der Waals surface area contributed by atoms with Crippen LogP contribution in [0.2, 0.25) is 0 Å². The Bertz CT molecular complexity index is 258. The van der Waals surface area contributed by atoms with Gasteiger partial charge in [0, 0.05) is 5.75 Å². The van der Waals surface area contributed by atoms with Gasteiger partial charge in [-0.25, -0.2) is 4.79 Å². The van der Waals surface area contributed by atoms with Gasteiger partial charge in [-0.2, -0.15) is 16.2 Å². The number of carbonyl (C=O) groups is 1. The number of carboxylic acids is 1. The summed E-state index contributed by atoms with van der Waals surface area (Å²) < 4.78 is 13.2. The van der Waals surface area contributed by atoms with E-state index in [1.807, 2.05) is 13.8 Å². The van der Waals surface area contributed by atoms with Gasteiger partial charge in [-0.15, -0.1) is 0 Å². The molecule has 1 aliphatic rings. The smallest absolute Gasteiger partial charge is 0.364 e. The van der Waals surface area contributed by atoms with Crippen LogP contribution in [0.3, 0.4) is 0 Å². The molecular formula is C9H13FO2S. The van der Waals surface area contributed by atoms with E-state index >= 15 is 0 Å². The highest BCUT2D eigenvalue weighted by Crippen LogP contribution is 2.40. The van der Waals surface area contributed by atoms with Crippen LogP contribution in [0.4, 0.5) is 4.39 Å². The molecule has 0 spiro atoms. The second kappa shape index (κ2) is 3.70. The molecule has 0 saturated carbocycles. The van der Waals surface area contributed by atoms with Gasteiger partial charge in [0.1, 0.15) is 0 Å². The van der Waals surface area contributed by atoms with Crippen molar-refractivity contribution in [3.8, 4) is 0 Å². The minimum Gasteiger partial charge on any atom is -0.476 e. The van der Waals surface area contributed by atoms with Crippen LogP contribution < -0.4 is 0 Å². The monoisotopic (exact) mass is 204 g/mol. The number of halogens is 1. The molecule has 74 valence electrons. The first-order chi connectivity index (χ1) is 5.95. The number of hydrogen-bond acceptors (Lipinski definition) is 2. The van der Waals surface area contributed by atoms with Gasteiger partial charge in [-0.05, 0) is 23.2 Å². The highest BCUT2D eigenvalue weighted by atomic mass is 32.2. The second-order valence-electron chi connectivity index (χ2n) is 3.78. The summed E-state index contributed by atoms with van der Waals surface area (Å²) >= 11 is 1.59. The summed E-state index contributed by atoms with van der Waals surface area (Å²) in [4.78, 5) is 10.4. The predicted molar refractivity (Wildman–Crippen MR) is 51.5 cm³/mol. The zero-order valence-corrected chi connectivity index (χ0v) is 8.58. The van der Waals surface area contributed by atoms with E-state index in [1.54, 1.807) is 11.8 Å². The lowest BCUT2D eigenvalue weighted by Crippen LogP contribution is -2.24. The molecular weight excluding hydrogens is 191 g/mol. The van der Waals surface area contributed by atoms with Crippen molar-refractivity contribution in [2.45, 2.75) is 20.3 Å². The maximum atomic E-state index is 13.2. The number of rotatable bonds is 1. The Balaban J connectivity index is 3.00.